The van der Waals surface area contributed by atoms with E-state index in [0.717, 1.165) is 16.6 Å². The summed E-state index contributed by atoms with van der Waals surface area (Å²) in [6.45, 7) is 0.466. The second kappa shape index (κ2) is 5.24. The molecule has 2 aromatic heterocycles. The van der Waals surface area contributed by atoms with Gasteiger partial charge in [-0.3, -0.25) is 4.98 Å². The maximum Gasteiger partial charge on any atom is 0.203 e. The number of rotatable bonds is 3. The highest BCUT2D eigenvalue weighted by molar-refractivity contribution is 6.31. The summed E-state index contributed by atoms with van der Waals surface area (Å²) in [6, 6.07) is 12.9. The zero-order chi connectivity index (χ0) is 13.9. The van der Waals surface area contributed by atoms with Gasteiger partial charge in [-0.15, -0.1) is 0 Å². The molecule has 0 bridgehead atoms. The zero-order valence-electron chi connectivity index (χ0n) is 10.4. The molecule has 3 aromatic rings. The summed E-state index contributed by atoms with van der Waals surface area (Å²) in [5.41, 5.74) is 1.69. The summed E-state index contributed by atoms with van der Waals surface area (Å²) in [5, 5.41) is 13.6. The molecular weight excluding hydrogens is 274 g/mol. The number of aromatic nitrogens is 1. The second-order valence-electron chi connectivity index (χ2n) is 4.26. The summed E-state index contributed by atoms with van der Waals surface area (Å²) in [5.74, 6) is 0.987. The first-order valence-corrected chi connectivity index (χ1v) is 6.41. The van der Waals surface area contributed by atoms with Crippen LogP contribution in [0.4, 0.5) is 5.69 Å². The molecule has 3 rings (SSSR count). The van der Waals surface area contributed by atoms with E-state index in [1.54, 1.807) is 18.3 Å². The maximum atomic E-state index is 8.72. The van der Waals surface area contributed by atoms with Gasteiger partial charge in [0.2, 0.25) is 5.76 Å². The van der Waals surface area contributed by atoms with Gasteiger partial charge in [0.15, 0.2) is 0 Å². The summed E-state index contributed by atoms with van der Waals surface area (Å²) in [6.07, 6.45) is 1.74. The monoisotopic (exact) mass is 283 g/mol. The van der Waals surface area contributed by atoms with Crippen LogP contribution in [0.1, 0.15) is 11.5 Å². The third-order valence-corrected chi connectivity index (χ3v) is 3.11. The highest BCUT2D eigenvalue weighted by atomic mass is 35.5. The number of benzene rings is 1. The van der Waals surface area contributed by atoms with E-state index in [1.165, 1.54) is 0 Å². The standard InChI is InChI=1S/C15H10ClN3O/c16-11-6-10-2-1-5-18-15(10)14(7-11)19-9-13-4-3-12(8-17)20-13/h1-7,19H,9H2. The Morgan fingerprint density at radius 3 is 3.00 bits per heavy atom. The highest BCUT2D eigenvalue weighted by Gasteiger charge is 2.06. The van der Waals surface area contributed by atoms with Crippen LogP contribution in [-0.2, 0) is 6.54 Å². The number of fused-ring (bicyclic) bond motifs is 1. The first-order chi connectivity index (χ1) is 9.76. The Hall–Kier alpha value is -2.51. The molecule has 1 N–H and O–H groups in total. The number of nitrogens with one attached hydrogen (secondary N) is 1. The van der Waals surface area contributed by atoms with Crippen LogP contribution in [0.3, 0.4) is 0 Å². The average molecular weight is 284 g/mol. The van der Waals surface area contributed by atoms with Crippen LogP contribution in [0.2, 0.25) is 5.02 Å². The van der Waals surface area contributed by atoms with Crippen molar-refractivity contribution in [2.45, 2.75) is 6.54 Å². The molecule has 2 heterocycles. The van der Waals surface area contributed by atoms with Crippen LogP contribution in [0.15, 0.2) is 47.0 Å². The number of hydrogen-bond donors (Lipinski definition) is 1. The Bertz CT molecular complexity index is 804. The van der Waals surface area contributed by atoms with E-state index in [2.05, 4.69) is 10.3 Å². The van der Waals surface area contributed by atoms with Crippen molar-refractivity contribution in [2.24, 2.45) is 0 Å². The number of hydrogen-bond acceptors (Lipinski definition) is 4. The highest BCUT2D eigenvalue weighted by Crippen LogP contribution is 2.26. The predicted molar refractivity (Wildman–Crippen MR) is 77.5 cm³/mol. The van der Waals surface area contributed by atoms with E-state index >= 15 is 0 Å². The quantitative estimate of drug-likeness (QED) is 0.790. The molecule has 0 atom stereocenters. The Kier molecular flexibility index (Phi) is 3.28. The molecule has 0 fully saturated rings. The van der Waals surface area contributed by atoms with E-state index in [-0.39, 0.29) is 0 Å². The Morgan fingerprint density at radius 1 is 1.30 bits per heavy atom. The van der Waals surface area contributed by atoms with Gasteiger partial charge in [0.05, 0.1) is 17.7 Å². The van der Waals surface area contributed by atoms with Gasteiger partial charge in [-0.2, -0.15) is 5.26 Å². The van der Waals surface area contributed by atoms with Crippen molar-refractivity contribution in [2.75, 3.05) is 5.32 Å². The lowest BCUT2D eigenvalue weighted by molar-refractivity contribution is 0.506. The van der Waals surface area contributed by atoms with Crippen molar-refractivity contribution < 1.29 is 4.42 Å². The van der Waals surface area contributed by atoms with Crippen LogP contribution < -0.4 is 5.32 Å². The fraction of sp³-hybridized carbons (Fsp3) is 0.0667. The fourth-order valence-electron chi connectivity index (χ4n) is 2.01. The number of anilines is 1. The van der Waals surface area contributed by atoms with E-state index in [0.29, 0.717) is 23.1 Å². The van der Waals surface area contributed by atoms with Gasteiger partial charge in [-0.25, -0.2) is 0 Å². The topological polar surface area (TPSA) is 61.9 Å². The van der Waals surface area contributed by atoms with Crippen molar-refractivity contribution in [3.05, 3.63) is 59.1 Å². The maximum absolute atomic E-state index is 8.72. The Labute approximate surface area is 120 Å². The molecule has 98 valence electrons. The lowest BCUT2D eigenvalue weighted by Gasteiger charge is -2.08. The van der Waals surface area contributed by atoms with E-state index in [4.69, 9.17) is 21.3 Å². The van der Waals surface area contributed by atoms with E-state index in [1.807, 2.05) is 30.3 Å². The van der Waals surface area contributed by atoms with Gasteiger partial charge >= 0.3 is 0 Å². The molecule has 0 aliphatic rings. The zero-order valence-corrected chi connectivity index (χ0v) is 11.2. The summed E-state index contributed by atoms with van der Waals surface area (Å²) < 4.78 is 5.32. The molecule has 5 heteroatoms. The van der Waals surface area contributed by atoms with Crippen molar-refractivity contribution >= 4 is 28.2 Å². The average Bonchev–Trinajstić information content (AvgIpc) is 2.92. The summed E-state index contributed by atoms with van der Waals surface area (Å²) in [4.78, 5) is 4.35. The predicted octanol–water partition coefficient (Wildman–Crippen LogP) is 3.96. The van der Waals surface area contributed by atoms with Gasteiger partial charge in [0.1, 0.15) is 11.8 Å². The van der Waals surface area contributed by atoms with Crippen LogP contribution in [0.25, 0.3) is 10.9 Å². The van der Waals surface area contributed by atoms with Crippen molar-refractivity contribution in [1.29, 1.82) is 5.26 Å². The van der Waals surface area contributed by atoms with E-state index in [9.17, 15) is 0 Å². The third kappa shape index (κ3) is 2.44. The van der Waals surface area contributed by atoms with Gasteiger partial charge in [-0.05, 0) is 30.3 Å². The largest absolute Gasteiger partial charge is 0.449 e. The minimum atomic E-state index is 0.302. The van der Waals surface area contributed by atoms with Crippen LogP contribution >= 0.6 is 11.6 Å². The second-order valence-corrected chi connectivity index (χ2v) is 4.70. The summed E-state index contributed by atoms with van der Waals surface area (Å²) in [7, 11) is 0. The smallest absolute Gasteiger partial charge is 0.203 e. The molecule has 0 aliphatic carbocycles. The Morgan fingerprint density at radius 2 is 2.20 bits per heavy atom. The van der Waals surface area contributed by atoms with Crippen LogP contribution in [0, 0.1) is 11.3 Å². The lowest BCUT2D eigenvalue weighted by Crippen LogP contribution is -1.99. The molecule has 1 aromatic carbocycles. The lowest BCUT2D eigenvalue weighted by atomic mass is 10.2. The van der Waals surface area contributed by atoms with E-state index < -0.39 is 0 Å². The molecule has 0 saturated carbocycles. The molecule has 0 aliphatic heterocycles. The summed E-state index contributed by atoms with van der Waals surface area (Å²) >= 11 is 6.10. The van der Waals surface area contributed by atoms with Crippen LogP contribution in [0.5, 0.6) is 0 Å². The normalized spacial score (nSPS) is 10.4. The first-order valence-electron chi connectivity index (χ1n) is 6.03. The van der Waals surface area contributed by atoms with Crippen molar-refractivity contribution in [3.8, 4) is 6.07 Å². The van der Waals surface area contributed by atoms with Crippen molar-refractivity contribution in [3.63, 3.8) is 0 Å². The minimum absolute atomic E-state index is 0.302. The molecule has 0 saturated heterocycles. The van der Waals surface area contributed by atoms with Gasteiger partial charge in [0, 0.05) is 16.6 Å². The molecule has 0 radical (unpaired) electrons. The first kappa shape index (κ1) is 12.5. The minimum Gasteiger partial charge on any atom is -0.449 e. The van der Waals surface area contributed by atoms with Crippen molar-refractivity contribution in [1.82, 2.24) is 4.98 Å². The van der Waals surface area contributed by atoms with Crippen LogP contribution in [-0.4, -0.2) is 4.98 Å². The number of nitriles is 1. The fourth-order valence-corrected chi connectivity index (χ4v) is 2.23. The molecule has 4 nitrogen and oxygen atoms in total. The number of furan rings is 1. The van der Waals surface area contributed by atoms with Gasteiger partial charge in [0.25, 0.3) is 0 Å². The molecule has 0 amide bonds. The molecule has 20 heavy (non-hydrogen) atoms. The molecule has 0 unspecified atom stereocenters. The number of pyridine rings is 1. The molecule has 0 spiro atoms. The molecular formula is C15H10ClN3O. The van der Waals surface area contributed by atoms with Gasteiger partial charge in [-0.1, -0.05) is 17.7 Å². The SMILES string of the molecule is N#Cc1ccc(CNc2cc(Cl)cc3cccnc23)o1. The third-order valence-electron chi connectivity index (χ3n) is 2.89. The number of halogens is 1. The van der Waals surface area contributed by atoms with Gasteiger partial charge < -0.3 is 9.73 Å². The Balaban J connectivity index is 1.89. The number of nitrogens with zero attached hydrogens (tertiary/aromatic N) is 2.